The average Bonchev–Trinajstić information content (AvgIpc) is 2.52. The first kappa shape index (κ1) is 8.77. The summed E-state index contributed by atoms with van der Waals surface area (Å²) >= 11 is 0. The van der Waals surface area contributed by atoms with Gasteiger partial charge in [0.05, 0.1) is 0 Å². The summed E-state index contributed by atoms with van der Waals surface area (Å²) in [7, 11) is 0. The van der Waals surface area contributed by atoms with Crippen LogP contribution >= 0.6 is 0 Å². The largest absolute Gasteiger partial charge is 0.404 e. The smallest absolute Gasteiger partial charge is 0.315 e. The zero-order chi connectivity index (χ0) is 8.97. The minimum Gasteiger partial charge on any atom is -0.404 e. The van der Waals surface area contributed by atoms with Crippen LogP contribution in [0.25, 0.3) is 5.57 Å². The summed E-state index contributed by atoms with van der Waals surface area (Å²) in [5.41, 5.74) is 0.992. The molecule has 66 valence electrons. The molecule has 0 saturated heterocycles. The molecule has 4 nitrogen and oxygen atoms in total. The highest BCUT2D eigenvalue weighted by Gasteiger charge is 2.04. The Kier molecular flexibility index (Phi) is 2.85. The number of aromatic nitrogens is 2. The minimum atomic E-state index is 0.480. The molecular formula is C8H13N3O. The summed E-state index contributed by atoms with van der Waals surface area (Å²) in [5.74, 6) is 0.577. The van der Waals surface area contributed by atoms with Crippen LogP contribution in [0.1, 0.15) is 26.7 Å². The molecule has 0 aromatic carbocycles. The zero-order valence-corrected chi connectivity index (χ0v) is 7.59. The second-order valence-electron chi connectivity index (χ2n) is 2.41. The van der Waals surface area contributed by atoms with E-state index in [2.05, 4.69) is 15.5 Å². The molecule has 0 radical (unpaired) electrons. The lowest BCUT2D eigenvalue weighted by molar-refractivity contribution is 0.551. The van der Waals surface area contributed by atoms with Gasteiger partial charge in [-0.05, 0) is 20.8 Å². The van der Waals surface area contributed by atoms with E-state index in [1.165, 1.54) is 0 Å². The number of anilines is 1. The number of rotatable bonds is 3. The third kappa shape index (κ3) is 1.84. The fraction of sp³-hybridized carbons (Fsp3) is 0.500. The maximum Gasteiger partial charge on any atom is 0.315 e. The fourth-order valence-electron chi connectivity index (χ4n) is 0.729. The van der Waals surface area contributed by atoms with Crippen molar-refractivity contribution in [1.29, 1.82) is 0 Å². The van der Waals surface area contributed by atoms with Gasteiger partial charge in [-0.15, -0.1) is 5.10 Å². The molecule has 4 heteroatoms. The van der Waals surface area contributed by atoms with Gasteiger partial charge in [-0.25, -0.2) is 0 Å². The fourth-order valence-corrected chi connectivity index (χ4v) is 0.729. The van der Waals surface area contributed by atoms with Crippen LogP contribution in [0.15, 0.2) is 10.5 Å². The van der Waals surface area contributed by atoms with E-state index in [9.17, 15) is 0 Å². The second kappa shape index (κ2) is 3.90. The van der Waals surface area contributed by atoms with Crippen LogP contribution in [0.4, 0.5) is 6.01 Å². The third-order valence-electron chi connectivity index (χ3n) is 1.52. The van der Waals surface area contributed by atoms with Crippen molar-refractivity contribution in [3.05, 3.63) is 12.0 Å². The predicted molar refractivity (Wildman–Crippen MR) is 47.8 cm³/mol. The van der Waals surface area contributed by atoms with E-state index < -0.39 is 0 Å². The van der Waals surface area contributed by atoms with Crippen molar-refractivity contribution in [3.63, 3.8) is 0 Å². The zero-order valence-electron chi connectivity index (χ0n) is 7.59. The van der Waals surface area contributed by atoms with Gasteiger partial charge < -0.3 is 9.73 Å². The van der Waals surface area contributed by atoms with Crippen LogP contribution in [0.5, 0.6) is 0 Å². The summed E-state index contributed by atoms with van der Waals surface area (Å²) in [6, 6.07) is 0.480. The van der Waals surface area contributed by atoms with Crippen molar-refractivity contribution in [1.82, 2.24) is 10.2 Å². The highest BCUT2D eigenvalue weighted by atomic mass is 16.4. The van der Waals surface area contributed by atoms with Crippen molar-refractivity contribution >= 4 is 11.6 Å². The number of hydrogen-bond acceptors (Lipinski definition) is 4. The van der Waals surface area contributed by atoms with Gasteiger partial charge in [0.1, 0.15) is 0 Å². The topological polar surface area (TPSA) is 51.0 Å². The number of allylic oxidation sites excluding steroid dienone is 2. The molecule has 0 amide bonds. The Hall–Kier alpha value is -1.32. The summed E-state index contributed by atoms with van der Waals surface area (Å²) in [6.45, 7) is 6.64. The molecule has 12 heavy (non-hydrogen) atoms. The molecule has 0 aliphatic rings. The lowest BCUT2D eigenvalue weighted by Crippen LogP contribution is -1.95. The monoisotopic (exact) mass is 167 g/mol. The molecule has 1 heterocycles. The van der Waals surface area contributed by atoms with Crippen LogP contribution in [0.3, 0.4) is 0 Å². The first-order chi connectivity index (χ1) is 5.77. The molecule has 0 aliphatic heterocycles. The molecular weight excluding hydrogens is 154 g/mol. The molecule has 1 N–H and O–H groups in total. The van der Waals surface area contributed by atoms with E-state index in [1.54, 1.807) is 0 Å². The van der Waals surface area contributed by atoms with Crippen molar-refractivity contribution in [3.8, 4) is 0 Å². The molecule has 1 aromatic heterocycles. The molecule has 1 rings (SSSR count). The summed E-state index contributed by atoms with van der Waals surface area (Å²) in [4.78, 5) is 0. The van der Waals surface area contributed by atoms with E-state index >= 15 is 0 Å². The van der Waals surface area contributed by atoms with Gasteiger partial charge in [-0.2, -0.15) is 0 Å². The van der Waals surface area contributed by atoms with E-state index in [4.69, 9.17) is 4.42 Å². The predicted octanol–water partition coefficient (Wildman–Crippen LogP) is 1.92. The molecule has 0 spiro atoms. The maximum absolute atomic E-state index is 5.28. The molecule has 0 fully saturated rings. The van der Waals surface area contributed by atoms with Crippen LogP contribution < -0.4 is 5.32 Å². The lowest BCUT2D eigenvalue weighted by Gasteiger charge is -1.92. The van der Waals surface area contributed by atoms with E-state index in [0.29, 0.717) is 11.9 Å². The van der Waals surface area contributed by atoms with Crippen LogP contribution in [0.2, 0.25) is 0 Å². The Morgan fingerprint density at radius 1 is 1.58 bits per heavy atom. The SMILES string of the molecule is C/C=C(\C)c1nnc(NCC)o1. The Morgan fingerprint density at radius 3 is 2.92 bits per heavy atom. The molecule has 0 saturated carbocycles. The normalized spacial score (nSPS) is 11.8. The quantitative estimate of drug-likeness (QED) is 0.747. The van der Waals surface area contributed by atoms with E-state index in [1.807, 2.05) is 26.8 Å². The van der Waals surface area contributed by atoms with E-state index in [0.717, 1.165) is 12.1 Å². The Labute approximate surface area is 71.7 Å². The van der Waals surface area contributed by atoms with Gasteiger partial charge >= 0.3 is 6.01 Å². The summed E-state index contributed by atoms with van der Waals surface area (Å²) < 4.78 is 5.28. The van der Waals surface area contributed by atoms with Gasteiger partial charge in [0.15, 0.2) is 0 Å². The molecule has 0 aliphatic carbocycles. The third-order valence-corrected chi connectivity index (χ3v) is 1.52. The second-order valence-corrected chi connectivity index (χ2v) is 2.41. The first-order valence-corrected chi connectivity index (χ1v) is 3.98. The molecule has 1 aromatic rings. The van der Waals surface area contributed by atoms with E-state index in [-0.39, 0.29) is 0 Å². The van der Waals surface area contributed by atoms with Gasteiger partial charge in [0.2, 0.25) is 5.89 Å². The number of nitrogens with zero attached hydrogens (tertiary/aromatic N) is 2. The Morgan fingerprint density at radius 2 is 2.33 bits per heavy atom. The van der Waals surface area contributed by atoms with Crippen LogP contribution in [0, 0.1) is 0 Å². The van der Waals surface area contributed by atoms with Crippen molar-refractivity contribution in [2.24, 2.45) is 0 Å². The highest BCUT2D eigenvalue weighted by Crippen LogP contribution is 2.13. The van der Waals surface area contributed by atoms with Crippen LogP contribution in [-0.2, 0) is 0 Å². The summed E-state index contributed by atoms with van der Waals surface area (Å²) in [5, 5.41) is 10.6. The highest BCUT2D eigenvalue weighted by molar-refractivity contribution is 5.55. The Balaban J connectivity index is 2.77. The molecule has 0 unspecified atom stereocenters. The maximum atomic E-state index is 5.28. The van der Waals surface area contributed by atoms with Crippen molar-refractivity contribution in [2.45, 2.75) is 20.8 Å². The first-order valence-electron chi connectivity index (χ1n) is 3.98. The number of nitrogens with one attached hydrogen (secondary N) is 1. The van der Waals surface area contributed by atoms with Gasteiger partial charge in [-0.1, -0.05) is 11.2 Å². The van der Waals surface area contributed by atoms with Crippen molar-refractivity contribution < 1.29 is 4.42 Å². The molecule has 0 atom stereocenters. The lowest BCUT2D eigenvalue weighted by atomic mass is 10.3. The molecule has 0 bridgehead atoms. The minimum absolute atomic E-state index is 0.480. The van der Waals surface area contributed by atoms with Crippen LogP contribution in [-0.4, -0.2) is 16.7 Å². The summed E-state index contributed by atoms with van der Waals surface area (Å²) in [6.07, 6.45) is 1.93. The Bertz CT molecular complexity index is 278. The van der Waals surface area contributed by atoms with Gasteiger partial charge in [-0.3, -0.25) is 0 Å². The van der Waals surface area contributed by atoms with Gasteiger partial charge in [0, 0.05) is 12.1 Å². The standard InChI is InChI=1S/C8H13N3O/c1-4-6(3)7-10-11-8(12-7)9-5-2/h4H,5H2,1-3H3,(H,9,11)/b6-4+. The van der Waals surface area contributed by atoms with Crippen molar-refractivity contribution in [2.75, 3.05) is 11.9 Å². The average molecular weight is 167 g/mol. The van der Waals surface area contributed by atoms with Gasteiger partial charge in [0.25, 0.3) is 0 Å². The number of hydrogen-bond donors (Lipinski definition) is 1.